The number of thiazole rings is 1. The highest BCUT2D eigenvalue weighted by atomic mass is 32.2. The van der Waals surface area contributed by atoms with Crippen LogP contribution in [0.2, 0.25) is 0 Å². The molecular formula is C17H21N3O3S2. The Kier molecular flexibility index (Phi) is 4.29. The Balaban J connectivity index is 1.45. The predicted octanol–water partition coefficient (Wildman–Crippen LogP) is 1.17. The zero-order chi connectivity index (χ0) is 17.6. The van der Waals surface area contributed by atoms with Gasteiger partial charge in [0.05, 0.1) is 32.8 Å². The molecule has 0 saturated carbocycles. The van der Waals surface area contributed by atoms with E-state index in [4.69, 9.17) is 0 Å². The van der Waals surface area contributed by atoms with Crippen LogP contribution in [0.4, 0.5) is 0 Å². The molecule has 2 saturated heterocycles. The van der Waals surface area contributed by atoms with Crippen LogP contribution in [0.1, 0.15) is 11.4 Å². The largest absolute Gasteiger partial charge is 0.336 e. The van der Waals surface area contributed by atoms with E-state index < -0.39 is 9.84 Å². The van der Waals surface area contributed by atoms with Crippen molar-refractivity contribution < 1.29 is 13.2 Å². The molecule has 2 atom stereocenters. The van der Waals surface area contributed by atoms with Gasteiger partial charge in [0.25, 0.3) is 0 Å². The second kappa shape index (κ2) is 6.34. The minimum Gasteiger partial charge on any atom is -0.336 e. The number of benzene rings is 1. The third kappa shape index (κ3) is 3.30. The molecule has 2 fully saturated rings. The predicted molar refractivity (Wildman–Crippen MR) is 98.5 cm³/mol. The van der Waals surface area contributed by atoms with Crippen molar-refractivity contribution in [3.05, 3.63) is 29.3 Å². The molecule has 1 amide bonds. The lowest BCUT2D eigenvalue weighted by Crippen LogP contribution is -2.59. The molecule has 2 aliphatic heterocycles. The Bertz CT molecular complexity index is 876. The van der Waals surface area contributed by atoms with Gasteiger partial charge in [0, 0.05) is 32.0 Å². The van der Waals surface area contributed by atoms with Gasteiger partial charge in [-0.15, -0.1) is 11.3 Å². The molecule has 134 valence electrons. The smallest absolute Gasteiger partial charge is 0.223 e. The van der Waals surface area contributed by atoms with E-state index in [2.05, 4.69) is 9.88 Å². The summed E-state index contributed by atoms with van der Waals surface area (Å²) in [4.78, 5) is 21.2. The van der Waals surface area contributed by atoms with Crippen molar-refractivity contribution in [2.45, 2.75) is 24.9 Å². The van der Waals surface area contributed by atoms with Crippen LogP contribution in [0.3, 0.4) is 0 Å². The number of rotatable bonds is 3. The fourth-order valence-corrected chi connectivity index (χ4v) is 6.84. The molecule has 3 heterocycles. The van der Waals surface area contributed by atoms with Crippen molar-refractivity contribution in [3.8, 4) is 0 Å². The number of carbonyl (C=O) groups excluding carboxylic acids is 1. The van der Waals surface area contributed by atoms with Gasteiger partial charge in [-0.3, -0.25) is 9.69 Å². The van der Waals surface area contributed by atoms with Crippen LogP contribution in [0.5, 0.6) is 0 Å². The van der Waals surface area contributed by atoms with E-state index in [0.29, 0.717) is 19.4 Å². The SMILES string of the molecule is CN1CCN(C(=O)CCc2nc3ccccc3s2)[C@@H]2CS(=O)(=O)C[C@@H]21. The van der Waals surface area contributed by atoms with E-state index >= 15 is 0 Å². The Morgan fingerprint density at radius 2 is 2.00 bits per heavy atom. The maximum absolute atomic E-state index is 12.7. The number of sulfone groups is 1. The molecule has 0 aliphatic carbocycles. The van der Waals surface area contributed by atoms with E-state index in [-0.39, 0.29) is 29.5 Å². The number of hydrogen-bond acceptors (Lipinski definition) is 6. The molecule has 6 nitrogen and oxygen atoms in total. The van der Waals surface area contributed by atoms with Crippen LogP contribution in [-0.4, -0.2) is 72.8 Å². The normalized spacial score (nSPS) is 26.0. The topological polar surface area (TPSA) is 70.6 Å². The summed E-state index contributed by atoms with van der Waals surface area (Å²) in [6.45, 7) is 1.33. The average molecular weight is 380 g/mol. The third-order valence-electron chi connectivity index (χ3n) is 5.16. The van der Waals surface area contributed by atoms with Crippen LogP contribution in [0.25, 0.3) is 10.2 Å². The van der Waals surface area contributed by atoms with Crippen LogP contribution in [-0.2, 0) is 21.1 Å². The van der Waals surface area contributed by atoms with Crippen molar-refractivity contribution in [1.82, 2.24) is 14.8 Å². The number of hydrogen-bond donors (Lipinski definition) is 0. The molecule has 1 aromatic heterocycles. The number of aromatic nitrogens is 1. The number of para-hydroxylation sites is 1. The fourth-order valence-electron chi connectivity index (χ4n) is 3.82. The molecule has 25 heavy (non-hydrogen) atoms. The van der Waals surface area contributed by atoms with Gasteiger partial charge in [-0.25, -0.2) is 13.4 Å². The van der Waals surface area contributed by atoms with Crippen LogP contribution in [0, 0.1) is 0 Å². The second-order valence-corrected chi connectivity index (χ2v) is 10.1. The van der Waals surface area contributed by atoms with Gasteiger partial charge >= 0.3 is 0 Å². The molecule has 4 rings (SSSR count). The number of carbonyl (C=O) groups is 1. The summed E-state index contributed by atoms with van der Waals surface area (Å²) in [6, 6.07) is 7.69. The maximum Gasteiger partial charge on any atom is 0.223 e. The fraction of sp³-hybridized carbons (Fsp3) is 0.529. The van der Waals surface area contributed by atoms with E-state index in [1.54, 1.807) is 16.2 Å². The van der Waals surface area contributed by atoms with Gasteiger partial charge in [0.15, 0.2) is 9.84 Å². The molecule has 0 radical (unpaired) electrons. The van der Waals surface area contributed by atoms with E-state index in [0.717, 1.165) is 21.8 Å². The first-order valence-corrected chi connectivity index (χ1v) is 11.1. The van der Waals surface area contributed by atoms with Crippen molar-refractivity contribution in [3.63, 3.8) is 0 Å². The van der Waals surface area contributed by atoms with Gasteiger partial charge in [-0.1, -0.05) is 12.1 Å². The summed E-state index contributed by atoms with van der Waals surface area (Å²) < 4.78 is 25.2. The Morgan fingerprint density at radius 3 is 2.80 bits per heavy atom. The van der Waals surface area contributed by atoms with Gasteiger partial charge < -0.3 is 4.90 Å². The average Bonchev–Trinajstić information content (AvgIpc) is 3.12. The van der Waals surface area contributed by atoms with E-state index in [9.17, 15) is 13.2 Å². The monoisotopic (exact) mass is 379 g/mol. The molecular weight excluding hydrogens is 358 g/mol. The minimum atomic E-state index is -3.06. The first kappa shape index (κ1) is 16.9. The lowest BCUT2D eigenvalue weighted by molar-refractivity contribution is -0.136. The number of aryl methyl sites for hydroxylation is 1. The van der Waals surface area contributed by atoms with Crippen LogP contribution < -0.4 is 0 Å². The number of amides is 1. The molecule has 0 N–H and O–H groups in total. The number of piperazine rings is 1. The molecule has 0 bridgehead atoms. The number of fused-ring (bicyclic) bond motifs is 2. The first-order chi connectivity index (χ1) is 11.9. The summed E-state index contributed by atoms with van der Waals surface area (Å²) >= 11 is 1.62. The summed E-state index contributed by atoms with van der Waals surface area (Å²) in [5, 5.41) is 0.958. The van der Waals surface area contributed by atoms with Gasteiger partial charge in [-0.2, -0.15) is 0 Å². The van der Waals surface area contributed by atoms with Crippen molar-refractivity contribution in [2.75, 3.05) is 31.6 Å². The maximum atomic E-state index is 12.7. The van der Waals surface area contributed by atoms with Gasteiger partial charge in [-0.05, 0) is 19.2 Å². The van der Waals surface area contributed by atoms with Crippen molar-refractivity contribution in [1.29, 1.82) is 0 Å². The summed E-state index contributed by atoms with van der Waals surface area (Å²) in [6.07, 6.45) is 0.988. The second-order valence-electron chi connectivity index (χ2n) is 6.85. The van der Waals surface area contributed by atoms with Crippen LogP contribution >= 0.6 is 11.3 Å². The lowest BCUT2D eigenvalue weighted by atomic mass is 10.0. The molecule has 0 unspecified atom stereocenters. The number of likely N-dealkylation sites (N-methyl/N-ethyl adjacent to an activating group) is 1. The highest BCUT2D eigenvalue weighted by molar-refractivity contribution is 7.91. The number of nitrogens with zero attached hydrogens (tertiary/aromatic N) is 3. The third-order valence-corrected chi connectivity index (χ3v) is 7.96. The highest BCUT2D eigenvalue weighted by Crippen LogP contribution is 2.27. The quantitative estimate of drug-likeness (QED) is 0.801. The zero-order valence-electron chi connectivity index (χ0n) is 14.1. The molecule has 2 aliphatic rings. The Morgan fingerprint density at radius 1 is 1.24 bits per heavy atom. The summed E-state index contributed by atoms with van der Waals surface area (Å²) in [5.41, 5.74) is 0.969. The van der Waals surface area contributed by atoms with E-state index in [1.165, 1.54) is 0 Å². The van der Waals surface area contributed by atoms with Gasteiger partial charge in [0.1, 0.15) is 0 Å². The molecule has 0 spiro atoms. The van der Waals surface area contributed by atoms with E-state index in [1.807, 2.05) is 31.3 Å². The standard InChI is InChI=1S/C17H21N3O3S2/c1-19-8-9-20(14-11-25(22,23)10-13(14)19)17(21)7-6-16-18-12-4-2-3-5-15(12)24-16/h2-5,13-14H,6-11H2,1H3/t13-,14+/m0/s1. The van der Waals surface area contributed by atoms with Crippen molar-refractivity contribution in [2.24, 2.45) is 0 Å². The summed E-state index contributed by atoms with van der Waals surface area (Å²) in [7, 11) is -1.11. The Labute approximate surface area is 151 Å². The van der Waals surface area contributed by atoms with Crippen LogP contribution in [0.15, 0.2) is 24.3 Å². The zero-order valence-corrected chi connectivity index (χ0v) is 15.7. The molecule has 8 heteroatoms. The molecule has 2 aromatic rings. The van der Waals surface area contributed by atoms with Crippen molar-refractivity contribution >= 4 is 37.3 Å². The Hall–Kier alpha value is -1.51. The minimum absolute atomic E-state index is 0.0412. The summed E-state index contributed by atoms with van der Waals surface area (Å²) in [5.74, 6) is 0.296. The highest BCUT2D eigenvalue weighted by Gasteiger charge is 2.46. The first-order valence-electron chi connectivity index (χ1n) is 8.47. The van der Waals surface area contributed by atoms with Gasteiger partial charge in [0.2, 0.25) is 5.91 Å². The lowest BCUT2D eigenvalue weighted by Gasteiger charge is -2.42. The molecule has 1 aromatic carbocycles.